The van der Waals surface area contributed by atoms with Crippen molar-refractivity contribution in [1.29, 1.82) is 0 Å². The molecule has 0 aliphatic heterocycles. The van der Waals surface area contributed by atoms with Gasteiger partial charge in [0, 0.05) is 15.8 Å². The SMILES string of the molecule is CCc1ccc(CC(CC(C)C)NN)s1. The van der Waals surface area contributed by atoms with Crippen LogP contribution in [0.15, 0.2) is 12.1 Å². The summed E-state index contributed by atoms with van der Waals surface area (Å²) in [5.41, 5.74) is 2.92. The highest BCUT2D eigenvalue weighted by Crippen LogP contribution is 2.20. The topological polar surface area (TPSA) is 38.0 Å². The molecule has 86 valence electrons. The first-order valence-corrected chi connectivity index (χ1v) is 6.51. The van der Waals surface area contributed by atoms with Crippen LogP contribution in [0.4, 0.5) is 0 Å². The molecule has 1 unspecified atom stereocenters. The number of thiophene rings is 1. The average molecular weight is 226 g/mol. The van der Waals surface area contributed by atoms with Gasteiger partial charge in [-0.3, -0.25) is 11.3 Å². The Morgan fingerprint density at radius 3 is 2.47 bits per heavy atom. The fraction of sp³-hybridized carbons (Fsp3) is 0.667. The molecule has 0 radical (unpaired) electrons. The number of rotatable bonds is 6. The first-order valence-electron chi connectivity index (χ1n) is 5.69. The van der Waals surface area contributed by atoms with Crippen LogP contribution in [0.1, 0.15) is 36.9 Å². The van der Waals surface area contributed by atoms with Gasteiger partial charge >= 0.3 is 0 Å². The second-order valence-corrected chi connectivity index (χ2v) is 5.67. The molecule has 1 atom stereocenters. The average Bonchev–Trinajstić information content (AvgIpc) is 2.64. The number of nitrogens with one attached hydrogen (secondary N) is 1. The summed E-state index contributed by atoms with van der Waals surface area (Å²) < 4.78 is 0. The number of hydrazine groups is 1. The van der Waals surface area contributed by atoms with Crippen LogP contribution in [0.3, 0.4) is 0 Å². The first-order chi connectivity index (χ1) is 7.15. The van der Waals surface area contributed by atoms with Gasteiger partial charge in [-0.1, -0.05) is 20.8 Å². The minimum atomic E-state index is 0.411. The van der Waals surface area contributed by atoms with Crippen molar-refractivity contribution in [1.82, 2.24) is 5.43 Å². The molecule has 15 heavy (non-hydrogen) atoms. The van der Waals surface area contributed by atoms with Crippen LogP contribution in [0.2, 0.25) is 0 Å². The quantitative estimate of drug-likeness (QED) is 0.578. The van der Waals surface area contributed by atoms with E-state index in [0.717, 1.165) is 19.3 Å². The van der Waals surface area contributed by atoms with Gasteiger partial charge in [0.1, 0.15) is 0 Å². The predicted octanol–water partition coefficient (Wildman–Crippen LogP) is 2.73. The zero-order valence-electron chi connectivity index (χ0n) is 9.92. The molecule has 1 aromatic rings. The third-order valence-electron chi connectivity index (χ3n) is 2.50. The van der Waals surface area contributed by atoms with Crippen LogP contribution in [-0.4, -0.2) is 6.04 Å². The van der Waals surface area contributed by atoms with Gasteiger partial charge in [-0.15, -0.1) is 11.3 Å². The Hall–Kier alpha value is -0.380. The molecule has 0 amide bonds. The Labute approximate surface area is 96.9 Å². The summed E-state index contributed by atoms with van der Waals surface area (Å²) in [5, 5.41) is 0. The number of hydrogen-bond donors (Lipinski definition) is 2. The van der Waals surface area contributed by atoms with E-state index in [2.05, 4.69) is 38.3 Å². The van der Waals surface area contributed by atoms with Crippen molar-refractivity contribution in [3.05, 3.63) is 21.9 Å². The van der Waals surface area contributed by atoms with E-state index in [1.165, 1.54) is 9.75 Å². The van der Waals surface area contributed by atoms with E-state index in [0.29, 0.717) is 12.0 Å². The minimum absolute atomic E-state index is 0.411. The van der Waals surface area contributed by atoms with E-state index in [1.54, 1.807) is 0 Å². The van der Waals surface area contributed by atoms with Crippen molar-refractivity contribution in [3.8, 4) is 0 Å². The van der Waals surface area contributed by atoms with E-state index in [9.17, 15) is 0 Å². The van der Waals surface area contributed by atoms with E-state index in [-0.39, 0.29) is 0 Å². The highest BCUT2D eigenvalue weighted by atomic mass is 32.1. The third kappa shape index (κ3) is 4.33. The Balaban J connectivity index is 2.50. The van der Waals surface area contributed by atoms with Gasteiger partial charge in [0.15, 0.2) is 0 Å². The van der Waals surface area contributed by atoms with Crippen LogP contribution in [0, 0.1) is 5.92 Å². The Morgan fingerprint density at radius 2 is 2.00 bits per heavy atom. The normalized spacial score (nSPS) is 13.4. The molecule has 0 spiro atoms. The highest BCUT2D eigenvalue weighted by molar-refractivity contribution is 7.11. The van der Waals surface area contributed by atoms with Crippen LogP contribution in [-0.2, 0) is 12.8 Å². The van der Waals surface area contributed by atoms with Gasteiger partial charge in [-0.2, -0.15) is 0 Å². The summed E-state index contributed by atoms with van der Waals surface area (Å²) in [6.45, 7) is 6.66. The Morgan fingerprint density at radius 1 is 1.33 bits per heavy atom. The van der Waals surface area contributed by atoms with Gasteiger partial charge < -0.3 is 0 Å². The lowest BCUT2D eigenvalue weighted by Crippen LogP contribution is -2.37. The molecule has 1 aromatic heterocycles. The van der Waals surface area contributed by atoms with E-state index >= 15 is 0 Å². The van der Waals surface area contributed by atoms with Gasteiger partial charge in [0.25, 0.3) is 0 Å². The van der Waals surface area contributed by atoms with Crippen LogP contribution < -0.4 is 11.3 Å². The van der Waals surface area contributed by atoms with Crippen molar-refractivity contribution in [2.75, 3.05) is 0 Å². The molecule has 0 aromatic carbocycles. The maximum absolute atomic E-state index is 5.56. The summed E-state index contributed by atoms with van der Waals surface area (Å²) in [5.74, 6) is 6.25. The molecule has 3 heteroatoms. The molecule has 3 N–H and O–H groups in total. The van der Waals surface area contributed by atoms with Gasteiger partial charge in [-0.05, 0) is 37.3 Å². The largest absolute Gasteiger partial charge is 0.271 e. The van der Waals surface area contributed by atoms with Crippen LogP contribution >= 0.6 is 11.3 Å². The minimum Gasteiger partial charge on any atom is -0.271 e. The fourth-order valence-electron chi connectivity index (χ4n) is 1.74. The van der Waals surface area contributed by atoms with Crippen molar-refractivity contribution >= 4 is 11.3 Å². The number of nitrogens with two attached hydrogens (primary N) is 1. The molecule has 0 aliphatic rings. The standard InChI is InChI=1S/C12H22N2S/c1-4-11-5-6-12(15-11)8-10(14-13)7-9(2)3/h5-6,9-10,14H,4,7-8,13H2,1-3H3. The van der Waals surface area contributed by atoms with Crippen molar-refractivity contribution in [2.45, 2.75) is 46.1 Å². The summed E-state index contributed by atoms with van der Waals surface area (Å²) in [6, 6.07) is 4.87. The molecule has 0 saturated heterocycles. The molecule has 0 bridgehead atoms. The van der Waals surface area contributed by atoms with Gasteiger partial charge in [0.2, 0.25) is 0 Å². The van der Waals surface area contributed by atoms with E-state index in [1.807, 2.05) is 11.3 Å². The summed E-state index contributed by atoms with van der Waals surface area (Å²) >= 11 is 1.91. The smallest absolute Gasteiger partial charge is 0.0261 e. The van der Waals surface area contributed by atoms with Crippen LogP contribution in [0.25, 0.3) is 0 Å². The zero-order valence-corrected chi connectivity index (χ0v) is 10.7. The lowest BCUT2D eigenvalue weighted by molar-refractivity contribution is 0.425. The van der Waals surface area contributed by atoms with Crippen molar-refractivity contribution in [2.24, 2.45) is 11.8 Å². The highest BCUT2D eigenvalue weighted by Gasteiger charge is 2.11. The second-order valence-electron chi connectivity index (χ2n) is 4.42. The Bertz CT molecular complexity index is 281. The lowest BCUT2D eigenvalue weighted by atomic mass is 10.0. The fourth-order valence-corrected chi connectivity index (χ4v) is 2.78. The monoisotopic (exact) mass is 226 g/mol. The lowest BCUT2D eigenvalue weighted by Gasteiger charge is -2.16. The number of aryl methyl sites for hydroxylation is 1. The Kier molecular flexibility index (Phi) is 5.29. The number of hydrogen-bond acceptors (Lipinski definition) is 3. The van der Waals surface area contributed by atoms with Gasteiger partial charge in [-0.25, -0.2) is 0 Å². The molecule has 0 fully saturated rings. The molecule has 0 aliphatic carbocycles. The summed E-state index contributed by atoms with van der Waals surface area (Å²) in [6.07, 6.45) is 3.32. The molecular formula is C12H22N2S. The summed E-state index contributed by atoms with van der Waals surface area (Å²) in [4.78, 5) is 2.90. The molecule has 1 rings (SSSR count). The van der Waals surface area contributed by atoms with E-state index < -0.39 is 0 Å². The second kappa shape index (κ2) is 6.26. The molecular weight excluding hydrogens is 204 g/mol. The van der Waals surface area contributed by atoms with Gasteiger partial charge in [0.05, 0.1) is 0 Å². The molecule has 0 saturated carbocycles. The first kappa shape index (κ1) is 12.7. The maximum Gasteiger partial charge on any atom is 0.0261 e. The van der Waals surface area contributed by atoms with Crippen LogP contribution in [0.5, 0.6) is 0 Å². The molecule has 2 nitrogen and oxygen atoms in total. The predicted molar refractivity (Wildman–Crippen MR) is 68.0 cm³/mol. The zero-order chi connectivity index (χ0) is 11.3. The van der Waals surface area contributed by atoms with Crippen molar-refractivity contribution < 1.29 is 0 Å². The van der Waals surface area contributed by atoms with Crippen molar-refractivity contribution in [3.63, 3.8) is 0 Å². The molecule has 1 heterocycles. The summed E-state index contributed by atoms with van der Waals surface area (Å²) in [7, 11) is 0. The maximum atomic E-state index is 5.56. The third-order valence-corrected chi connectivity index (χ3v) is 3.76. The van der Waals surface area contributed by atoms with E-state index in [4.69, 9.17) is 5.84 Å².